The van der Waals surface area contributed by atoms with E-state index in [0.29, 0.717) is 6.54 Å². The highest BCUT2D eigenvalue weighted by Gasteiger charge is 2.12. The van der Waals surface area contributed by atoms with Gasteiger partial charge in [0, 0.05) is 19.8 Å². The van der Waals surface area contributed by atoms with Gasteiger partial charge in [-0.1, -0.05) is 35.5 Å². The van der Waals surface area contributed by atoms with E-state index in [-0.39, 0.29) is 11.8 Å². The Labute approximate surface area is 116 Å². The van der Waals surface area contributed by atoms with Crippen molar-refractivity contribution in [2.75, 3.05) is 11.9 Å². The first-order chi connectivity index (χ1) is 9.70. The molecule has 6 heteroatoms. The van der Waals surface area contributed by atoms with E-state index in [2.05, 4.69) is 15.1 Å². The van der Waals surface area contributed by atoms with Crippen molar-refractivity contribution in [1.82, 2.24) is 9.97 Å². The normalized spacial score (nSPS) is 10.8. The van der Waals surface area contributed by atoms with Gasteiger partial charge in [-0.2, -0.15) is 9.97 Å². The number of oxime groups is 1. The molecule has 1 aromatic heterocycles. The van der Waals surface area contributed by atoms with Gasteiger partial charge in [-0.05, 0) is 12.5 Å². The van der Waals surface area contributed by atoms with E-state index in [1.165, 1.54) is 6.21 Å². The van der Waals surface area contributed by atoms with Gasteiger partial charge in [-0.25, -0.2) is 4.39 Å². The number of hydrogen-bond donors (Lipinski definition) is 0. The van der Waals surface area contributed by atoms with Crippen LogP contribution in [0.2, 0.25) is 0 Å². The molecule has 0 spiro atoms. The van der Waals surface area contributed by atoms with Gasteiger partial charge in [0.05, 0.1) is 6.20 Å². The van der Waals surface area contributed by atoms with E-state index in [1.807, 2.05) is 30.3 Å². The first kappa shape index (κ1) is 13.9. The Morgan fingerprint density at radius 3 is 2.80 bits per heavy atom. The van der Waals surface area contributed by atoms with Crippen LogP contribution in [0.15, 0.2) is 41.7 Å². The molecule has 0 bridgehead atoms. The van der Waals surface area contributed by atoms with Gasteiger partial charge in [0.2, 0.25) is 0 Å². The van der Waals surface area contributed by atoms with Gasteiger partial charge in [-0.3, -0.25) is 0 Å². The molecule has 0 saturated heterocycles. The first-order valence-corrected chi connectivity index (χ1v) is 6.13. The molecule has 0 N–H and O–H groups in total. The van der Waals surface area contributed by atoms with Gasteiger partial charge in [0.1, 0.15) is 0 Å². The summed E-state index contributed by atoms with van der Waals surface area (Å²) in [6.07, 6.45) is 2.53. The molecule has 0 aliphatic carbocycles. The molecule has 1 aromatic carbocycles. The first-order valence-electron chi connectivity index (χ1n) is 6.13. The Balaban J connectivity index is 2.18. The Morgan fingerprint density at radius 1 is 1.35 bits per heavy atom. The Morgan fingerprint density at radius 2 is 2.10 bits per heavy atom. The minimum absolute atomic E-state index is 0.0133. The molecule has 2 aromatic rings. The molecule has 0 atom stereocenters. The highest BCUT2D eigenvalue weighted by atomic mass is 19.1. The average molecular weight is 274 g/mol. The number of halogens is 1. The molecule has 0 aliphatic rings. The predicted molar refractivity (Wildman–Crippen MR) is 75.3 cm³/mol. The quantitative estimate of drug-likeness (QED) is 0.621. The van der Waals surface area contributed by atoms with E-state index in [9.17, 15) is 4.39 Å². The van der Waals surface area contributed by atoms with Crippen molar-refractivity contribution < 1.29 is 9.23 Å². The highest BCUT2D eigenvalue weighted by Crippen LogP contribution is 2.19. The lowest BCUT2D eigenvalue weighted by Crippen LogP contribution is -2.19. The third-order valence-corrected chi connectivity index (χ3v) is 2.57. The maximum Gasteiger partial charge on any atom is 0.347 e. The third kappa shape index (κ3) is 3.50. The second-order valence-corrected chi connectivity index (χ2v) is 4.12. The lowest BCUT2D eigenvalue weighted by Gasteiger charge is -2.18. The van der Waals surface area contributed by atoms with Crippen LogP contribution in [0.5, 0.6) is 6.01 Å². The van der Waals surface area contributed by atoms with Gasteiger partial charge < -0.3 is 9.74 Å². The van der Waals surface area contributed by atoms with Crippen LogP contribution >= 0.6 is 0 Å². The van der Waals surface area contributed by atoms with Crippen LogP contribution in [0.1, 0.15) is 12.5 Å². The highest BCUT2D eigenvalue weighted by molar-refractivity contribution is 5.52. The van der Waals surface area contributed by atoms with Gasteiger partial charge in [0.25, 0.3) is 0 Å². The van der Waals surface area contributed by atoms with Crippen molar-refractivity contribution in [1.29, 1.82) is 0 Å². The number of aromatic nitrogens is 2. The second kappa shape index (κ2) is 6.60. The number of hydrogen-bond acceptors (Lipinski definition) is 5. The Kier molecular flexibility index (Phi) is 4.60. The molecule has 0 saturated carbocycles. The summed E-state index contributed by atoms with van der Waals surface area (Å²) in [5.74, 6) is -0.332. The number of anilines is 1. The summed E-state index contributed by atoms with van der Waals surface area (Å²) in [4.78, 5) is 14.3. The maximum absolute atomic E-state index is 13.8. The molecule has 20 heavy (non-hydrogen) atoms. The minimum Gasteiger partial charge on any atom is -0.353 e. The monoisotopic (exact) mass is 274 g/mol. The van der Waals surface area contributed by atoms with E-state index in [1.54, 1.807) is 18.9 Å². The van der Waals surface area contributed by atoms with E-state index in [0.717, 1.165) is 11.8 Å². The summed E-state index contributed by atoms with van der Waals surface area (Å²) in [5, 5.41) is 3.57. The fourth-order valence-corrected chi connectivity index (χ4v) is 1.69. The molecule has 0 radical (unpaired) electrons. The number of rotatable bonds is 5. The third-order valence-electron chi connectivity index (χ3n) is 2.57. The average Bonchev–Trinajstić information content (AvgIpc) is 2.47. The SMILES string of the molecule is CC=NOc1ncc(F)c(N(C)Cc2ccccc2)n1. The summed E-state index contributed by atoms with van der Waals surface area (Å²) >= 11 is 0. The molecule has 2 rings (SSSR count). The van der Waals surface area contributed by atoms with E-state index in [4.69, 9.17) is 4.84 Å². The van der Waals surface area contributed by atoms with Crippen molar-refractivity contribution in [3.05, 3.63) is 47.9 Å². The van der Waals surface area contributed by atoms with Crippen LogP contribution in [0.3, 0.4) is 0 Å². The zero-order valence-electron chi connectivity index (χ0n) is 11.3. The van der Waals surface area contributed by atoms with Crippen LogP contribution < -0.4 is 9.74 Å². The molecule has 104 valence electrons. The zero-order valence-corrected chi connectivity index (χ0v) is 11.3. The van der Waals surface area contributed by atoms with Crippen molar-refractivity contribution in [2.24, 2.45) is 5.16 Å². The lowest BCUT2D eigenvalue weighted by atomic mass is 10.2. The molecule has 5 nitrogen and oxygen atoms in total. The van der Waals surface area contributed by atoms with E-state index < -0.39 is 5.82 Å². The largest absolute Gasteiger partial charge is 0.353 e. The molecular weight excluding hydrogens is 259 g/mol. The zero-order chi connectivity index (χ0) is 14.4. The van der Waals surface area contributed by atoms with Crippen molar-refractivity contribution >= 4 is 12.0 Å². The summed E-state index contributed by atoms with van der Waals surface area (Å²) in [5.41, 5.74) is 1.06. The van der Waals surface area contributed by atoms with Crippen LogP contribution in [0.4, 0.5) is 10.2 Å². The van der Waals surface area contributed by atoms with Crippen molar-refractivity contribution in [3.63, 3.8) is 0 Å². The van der Waals surface area contributed by atoms with Crippen LogP contribution in [-0.2, 0) is 6.54 Å². The Bertz CT molecular complexity index is 589. The lowest BCUT2D eigenvalue weighted by molar-refractivity contribution is 0.313. The van der Waals surface area contributed by atoms with Crippen LogP contribution in [0, 0.1) is 5.82 Å². The van der Waals surface area contributed by atoms with Crippen molar-refractivity contribution in [2.45, 2.75) is 13.5 Å². The van der Waals surface area contributed by atoms with Gasteiger partial charge in [-0.15, -0.1) is 0 Å². The smallest absolute Gasteiger partial charge is 0.347 e. The fourth-order valence-electron chi connectivity index (χ4n) is 1.69. The second-order valence-electron chi connectivity index (χ2n) is 4.12. The standard InChI is InChI=1S/C14H15FN4O/c1-3-17-20-14-16-9-12(15)13(18-14)19(2)10-11-7-5-4-6-8-11/h3-9H,10H2,1-2H3. The molecular formula is C14H15FN4O. The maximum atomic E-state index is 13.8. The molecule has 0 aliphatic heterocycles. The molecule has 0 fully saturated rings. The van der Waals surface area contributed by atoms with Crippen molar-refractivity contribution in [3.8, 4) is 6.01 Å². The topological polar surface area (TPSA) is 50.6 Å². The van der Waals surface area contributed by atoms with Gasteiger partial charge in [0.15, 0.2) is 11.6 Å². The molecule has 1 heterocycles. The molecule has 0 unspecified atom stereocenters. The molecule has 0 amide bonds. The van der Waals surface area contributed by atoms with Crippen LogP contribution in [-0.4, -0.2) is 23.2 Å². The number of nitrogens with zero attached hydrogens (tertiary/aromatic N) is 4. The predicted octanol–water partition coefficient (Wildman–Crippen LogP) is 2.64. The minimum atomic E-state index is -0.503. The van der Waals surface area contributed by atoms with Crippen LogP contribution in [0.25, 0.3) is 0 Å². The summed E-state index contributed by atoms with van der Waals surface area (Å²) < 4.78 is 13.8. The summed E-state index contributed by atoms with van der Waals surface area (Å²) in [6, 6.07) is 9.75. The van der Waals surface area contributed by atoms with Gasteiger partial charge >= 0.3 is 6.01 Å². The number of benzene rings is 1. The Hall–Kier alpha value is -2.50. The summed E-state index contributed by atoms with van der Waals surface area (Å²) in [7, 11) is 1.76. The van der Waals surface area contributed by atoms with E-state index >= 15 is 0 Å². The fraction of sp³-hybridized carbons (Fsp3) is 0.214. The summed E-state index contributed by atoms with van der Waals surface area (Å²) in [6.45, 7) is 2.23.